The maximum atomic E-state index is 12.9. The van der Waals surface area contributed by atoms with Crippen LogP contribution in [0.25, 0.3) is 10.8 Å². The van der Waals surface area contributed by atoms with E-state index in [1.165, 1.54) is 11.1 Å². The molecule has 0 N–H and O–H groups in total. The summed E-state index contributed by atoms with van der Waals surface area (Å²) in [5, 5.41) is 1.91. The molecule has 1 aliphatic heterocycles. The lowest BCUT2D eigenvalue weighted by Gasteiger charge is -2.29. The molecule has 3 aromatic rings. The molecule has 0 radical (unpaired) electrons. The van der Waals surface area contributed by atoms with Crippen molar-refractivity contribution in [2.24, 2.45) is 0 Å². The third kappa shape index (κ3) is 3.13. The summed E-state index contributed by atoms with van der Waals surface area (Å²) < 4.78 is 5.93. The third-order valence-electron chi connectivity index (χ3n) is 4.74. The number of fused-ring (bicyclic) bond motifs is 2. The number of ether oxygens (including phenoxy) is 1. The molecule has 126 valence electrons. The Morgan fingerprint density at radius 3 is 2.76 bits per heavy atom. The number of carbonyl (C=O) groups excluding carboxylic acids is 1. The van der Waals surface area contributed by atoms with Crippen molar-refractivity contribution in [3.05, 3.63) is 77.6 Å². The number of hydrogen-bond donors (Lipinski definition) is 0. The molecule has 1 atom stereocenters. The number of hydrogen-bond acceptors (Lipinski definition) is 3. The average molecular weight is 332 g/mol. The van der Waals surface area contributed by atoms with E-state index in [1.807, 2.05) is 43.4 Å². The molecule has 0 aliphatic carbocycles. The average Bonchev–Trinajstić information content (AvgIpc) is 2.67. The molecule has 1 aromatic heterocycles. The van der Waals surface area contributed by atoms with Gasteiger partial charge in [0.25, 0.3) is 5.91 Å². The van der Waals surface area contributed by atoms with Crippen LogP contribution in [0.1, 0.15) is 21.6 Å². The van der Waals surface area contributed by atoms with E-state index in [4.69, 9.17) is 4.74 Å². The van der Waals surface area contributed by atoms with Crippen LogP contribution in [0.2, 0.25) is 0 Å². The van der Waals surface area contributed by atoms with E-state index >= 15 is 0 Å². The van der Waals surface area contributed by atoms with Gasteiger partial charge in [-0.1, -0.05) is 48.5 Å². The summed E-state index contributed by atoms with van der Waals surface area (Å²) in [6.45, 7) is 1.16. The molecule has 0 saturated heterocycles. The lowest BCUT2D eigenvalue weighted by molar-refractivity contribution is 0.00977. The van der Waals surface area contributed by atoms with Gasteiger partial charge >= 0.3 is 0 Å². The van der Waals surface area contributed by atoms with Gasteiger partial charge in [-0.15, -0.1) is 0 Å². The molecule has 0 fully saturated rings. The van der Waals surface area contributed by atoms with Gasteiger partial charge in [0.05, 0.1) is 12.7 Å². The summed E-state index contributed by atoms with van der Waals surface area (Å²) >= 11 is 0. The normalized spacial score (nSPS) is 16.4. The second-order valence-electron chi connectivity index (χ2n) is 6.47. The van der Waals surface area contributed by atoms with E-state index < -0.39 is 0 Å². The summed E-state index contributed by atoms with van der Waals surface area (Å²) in [7, 11) is 1.82. The summed E-state index contributed by atoms with van der Waals surface area (Å²) in [5.41, 5.74) is 3.04. The number of pyridine rings is 1. The highest BCUT2D eigenvalue weighted by atomic mass is 16.5. The van der Waals surface area contributed by atoms with Crippen LogP contribution in [0, 0.1) is 0 Å². The van der Waals surface area contributed by atoms with Crippen LogP contribution in [-0.2, 0) is 17.8 Å². The van der Waals surface area contributed by atoms with Gasteiger partial charge in [0.15, 0.2) is 0 Å². The van der Waals surface area contributed by atoms with Crippen LogP contribution in [0.15, 0.2) is 60.8 Å². The number of nitrogens with zero attached hydrogens (tertiary/aromatic N) is 2. The van der Waals surface area contributed by atoms with Crippen molar-refractivity contribution < 1.29 is 9.53 Å². The highest BCUT2D eigenvalue weighted by Gasteiger charge is 2.23. The van der Waals surface area contributed by atoms with E-state index in [0.29, 0.717) is 18.8 Å². The molecule has 2 heterocycles. The zero-order valence-corrected chi connectivity index (χ0v) is 14.2. The summed E-state index contributed by atoms with van der Waals surface area (Å²) in [4.78, 5) is 18.9. The van der Waals surface area contributed by atoms with Gasteiger partial charge in [0, 0.05) is 31.6 Å². The minimum absolute atomic E-state index is 0.0128. The first-order valence-electron chi connectivity index (χ1n) is 8.50. The monoisotopic (exact) mass is 332 g/mol. The third-order valence-corrected chi connectivity index (χ3v) is 4.74. The first kappa shape index (κ1) is 15.8. The molecule has 0 saturated carbocycles. The van der Waals surface area contributed by atoms with Crippen LogP contribution >= 0.6 is 0 Å². The Hall–Kier alpha value is -2.72. The Balaban J connectivity index is 1.51. The van der Waals surface area contributed by atoms with E-state index in [2.05, 4.69) is 23.2 Å². The molecule has 2 aromatic carbocycles. The van der Waals surface area contributed by atoms with E-state index in [-0.39, 0.29) is 12.0 Å². The number of carbonyl (C=O) groups is 1. The zero-order valence-electron chi connectivity index (χ0n) is 14.2. The summed E-state index contributed by atoms with van der Waals surface area (Å²) in [6, 6.07) is 18.1. The Bertz CT molecular complexity index is 917. The predicted octanol–water partition coefficient (Wildman–Crippen LogP) is 3.45. The lowest BCUT2D eigenvalue weighted by atomic mass is 9.99. The van der Waals surface area contributed by atoms with Crippen LogP contribution in [0.5, 0.6) is 0 Å². The molecule has 1 amide bonds. The van der Waals surface area contributed by atoms with E-state index in [9.17, 15) is 4.79 Å². The van der Waals surface area contributed by atoms with Gasteiger partial charge in [0.1, 0.15) is 5.69 Å². The van der Waals surface area contributed by atoms with Gasteiger partial charge in [-0.3, -0.25) is 9.78 Å². The van der Waals surface area contributed by atoms with Crippen LogP contribution in [-0.4, -0.2) is 35.5 Å². The summed E-state index contributed by atoms with van der Waals surface area (Å²) in [5.74, 6) is -0.0701. The van der Waals surface area contributed by atoms with Crippen molar-refractivity contribution in [2.75, 3.05) is 13.6 Å². The Labute approximate surface area is 147 Å². The second-order valence-corrected chi connectivity index (χ2v) is 6.47. The largest absolute Gasteiger partial charge is 0.371 e. The SMILES string of the molecule is CN(CC1Cc2ccccc2CO1)C(=O)c1nccc2ccccc12. The highest BCUT2D eigenvalue weighted by Crippen LogP contribution is 2.22. The molecule has 4 nitrogen and oxygen atoms in total. The fourth-order valence-electron chi connectivity index (χ4n) is 3.39. The minimum Gasteiger partial charge on any atom is -0.371 e. The second kappa shape index (κ2) is 6.65. The molecular weight excluding hydrogens is 312 g/mol. The summed E-state index contributed by atoms with van der Waals surface area (Å²) in [6.07, 6.45) is 2.53. The van der Waals surface area contributed by atoms with Gasteiger partial charge in [-0.2, -0.15) is 0 Å². The molecule has 0 bridgehead atoms. The maximum absolute atomic E-state index is 12.9. The van der Waals surface area contributed by atoms with E-state index in [0.717, 1.165) is 17.2 Å². The molecule has 4 rings (SSSR count). The molecule has 0 spiro atoms. The van der Waals surface area contributed by atoms with Crippen molar-refractivity contribution in [1.29, 1.82) is 0 Å². The first-order chi connectivity index (χ1) is 12.2. The number of benzene rings is 2. The standard InChI is InChI=1S/C21H20N2O2/c1-23(13-18-12-16-7-2-3-8-17(16)14-25-18)21(24)20-19-9-5-4-6-15(19)10-11-22-20/h2-11,18H,12-14H2,1H3. The lowest BCUT2D eigenvalue weighted by Crippen LogP contribution is -2.38. The Kier molecular flexibility index (Phi) is 4.20. The van der Waals surface area contributed by atoms with Crippen molar-refractivity contribution in [3.63, 3.8) is 0 Å². The molecular formula is C21H20N2O2. The van der Waals surface area contributed by atoms with E-state index in [1.54, 1.807) is 11.1 Å². The van der Waals surface area contributed by atoms with Gasteiger partial charge in [0.2, 0.25) is 0 Å². The van der Waals surface area contributed by atoms with Crippen molar-refractivity contribution in [1.82, 2.24) is 9.88 Å². The van der Waals surface area contributed by atoms with Crippen LogP contribution in [0.4, 0.5) is 0 Å². The van der Waals surface area contributed by atoms with Crippen LogP contribution < -0.4 is 0 Å². The quantitative estimate of drug-likeness (QED) is 0.738. The maximum Gasteiger partial charge on any atom is 0.272 e. The molecule has 1 unspecified atom stereocenters. The number of aromatic nitrogens is 1. The number of rotatable bonds is 3. The molecule has 25 heavy (non-hydrogen) atoms. The Morgan fingerprint density at radius 2 is 1.88 bits per heavy atom. The number of amides is 1. The van der Waals surface area contributed by atoms with Crippen molar-refractivity contribution >= 4 is 16.7 Å². The van der Waals surface area contributed by atoms with Gasteiger partial charge < -0.3 is 9.64 Å². The van der Waals surface area contributed by atoms with Crippen LogP contribution in [0.3, 0.4) is 0 Å². The number of likely N-dealkylation sites (N-methyl/N-ethyl adjacent to an activating group) is 1. The highest BCUT2D eigenvalue weighted by molar-refractivity contribution is 6.05. The zero-order chi connectivity index (χ0) is 17.2. The van der Waals surface area contributed by atoms with Crippen molar-refractivity contribution in [3.8, 4) is 0 Å². The topological polar surface area (TPSA) is 42.4 Å². The first-order valence-corrected chi connectivity index (χ1v) is 8.50. The fraction of sp³-hybridized carbons (Fsp3) is 0.238. The molecule has 1 aliphatic rings. The predicted molar refractivity (Wildman–Crippen MR) is 97.4 cm³/mol. The van der Waals surface area contributed by atoms with Gasteiger partial charge in [-0.25, -0.2) is 0 Å². The van der Waals surface area contributed by atoms with Crippen molar-refractivity contribution in [2.45, 2.75) is 19.1 Å². The smallest absolute Gasteiger partial charge is 0.272 e. The molecule has 4 heteroatoms. The fourth-order valence-corrected chi connectivity index (χ4v) is 3.39. The van der Waals surface area contributed by atoms with Gasteiger partial charge in [-0.05, 0) is 22.6 Å². The minimum atomic E-state index is -0.0701. The Morgan fingerprint density at radius 1 is 1.12 bits per heavy atom.